The van der Waals surface area contributed by atoms with Gasteiger partial charge in [0.25, 0.3) is 0 Å². The van der Waals surface area contributed by atoms with Crippen molar-refractivity contribution in [1.29, 1.82) is 0 Å². The van der Waals surface area contributed by atoms with Crippen LogP contribution in [0.1, 0.15) is 27.8 Å². The molecule has 5 amide bonds. The molecule has 133 heavy (non-hydrogen) atoms. The number of carbonyl (C=O) groups excluding carboxylic acids is 5. The van der Waals surface area contributed by atoms with Gasteiger partial charge in [0, 0.05) is 122 Å². The molecule has 656 valence electrons. The number of aromatic hydroxyl groups is 3. The number of hydrogen-bond acceptors (Lipinski definition) is 11. The Hall–Kier alpha value is -17.9. The molecule has 5 aromatic heterocycles. The number of benzene rings is 15. The Morgan fingerprint density at radius 1 is 0.263 bits per heavy atom. The Morgan fingerprint density at radius 3 is 0.925 bits per heavy atom. The highest BCUT2D eigenvalue weighted by atomic mass is 16.7. The number of ether oxygens (including phenoxy) is 3. The molecule has 20 aromatic rings. The fraction of sp³-hybridized carbons (Fsp3) is 0.0625. The third kappa shape index (κ3) is 21.9. The second-order valence-electron chi connectivity index (χ2n) is 31.6. The fourth-order valence-corrected chi connectivity index (χ4v) is 15.9. The molecule has 21 heteroatoms. The number of hydrogen-bond donors (Lipinski definition) is 13. The second-order valence-corrected chi connectivity index (χ2v) is 31.6. The van der Waals surface area contributed by atoms with E-state index in [-0.39, 0.29) is 79.3 Å². The van der Waals surface area contributed by atoms with E-state index in [9.17, 15) is 39.3 Å². The zero-order valence-corrected chi connectivity index (χ0v) is 72.3. The Balaban J connectivity index is 0.000000116. The molecular weight excluding hydrogens is 1660 g/mol. The van der Waals surface area contributed by atoms with Gasteiger partial charge in [0.05, 0.1) is 67.7 Å². The van der Waals surface area contributed by atoms with Gasteiger partial charge in [0.2, 0.25) is 36.3 Å². The van der Waals surface area contributed by atoms with Gasteiger partial charge in [-0.25, -0.2) is 0 Å². The van der Waals surface area contributed by atoms with Crippen molar-refractivity contribution in [2.24, 2.45) is 0 Å². The molecule has 0 atom stereocenters. The number of aromatic amines is 5. The van der Waals surface area contributed by atoms with Crippen molar-refractivity contribution in [3.63, 3.8) is 0 Å². The van der Waals surface area contributed by atoms with Gasteiger partial charge in [-0.15, -0.1) is 0 Å². The van der Waals surface area contributed by atoms with Crippen molar-refractivity contribution in [1.82, 2.24) is 24.9 Å². The number of fused-ring (bicyclic) bond motifs is 6. The predicted octanol–water partition coefficient (Wildman–Crippen LogP) is 23.9. The molecule has 0 bridgehead atoms. The summed E-state index contributed by atoms with van der Waals surface area (Å²) in [7, 11) is 1.61. The Labute approximate surface area is 765 Å². The highest BCUT2D eigenvalue weighted by Crippen LogP contribution is 2.39. The van der Waals surface area contributed by atoms with Crippen LogP contribution in [0.25, 0.3) is 111 Å². The van der Waals surface area contributed by atoms with Crippen LogP contribution in [0.4, 0.5) is 28.4 Å². The highest BCUT2D eigenvalue weighted by Gasteiger charge is 2.21. The number of methoxy groups -OCH3 is 1. The van der Waals surface area contributed by atoms with Gasteiger partial charge in [-0.05, 0) is 144 Å². The van der Waals surface area contributed by atoms with Crippen LogP contribution < -0.4 is 40.8 Å². The quantitative estimate of drug-likeness (QED) is 0.0300. The molecule has 0 saturated carbocycles. The molecule has 1 aliphatic rings. The van der Waals surface area contributed by atoms with Crippen LogP contribution in [-0.2, 0) is 56.1 Å². The summed E-state index contributed by atoms with van der Waals surface area (Å²) in [4.78, 5) is 79.7. The minimum Gasteiger partial charge on any atom is -0.508 e. The summed E-state index contributed by atoms with van der Waals surface area (Å²) in [5, 5.41) is 49.5. The minimum atomic E-state index is -0.237. The molecule has 21 rings (SSSR count). The van der Waals surface area contributed by atoms with Crippen molar-refractivity contribution >= 4 is 112 Å². The fourth-order valence-electron chi connectivity index (χ4n) is 15.9. The van der Waals surface area contributed by atoms with Crippen LogP contribution in [0.15, 0.2) is 388 Å². The number of para-hydroxylation sites is 12. The average molecular weight is 1750 g/mol. The molecule has 0 aliphatic carbocycles. The van der Waals surface area contributed by atoms with Crippen molar-refractivity contribution < 1.29 is 53.5 Å². The SMILES string of the molecule is COc1ccccc1CC(=O)Nc1ccccc1-c1cc2ccccc2[nH]1.O=C(Cc1ccc(O)c(O)c1)Nc1ccccc1-c1cc2ccccc2[nH]1.O=C(Cc1ccc2c(c1)OCO2)Nc1ccccc1-c1cc2ccccc2[nH]1.O=C(Cc1ccccc1)Nc1ccccc1-c1cc2ccccc2[nH]1.O=C(Cc1ccccc1O)Nc1ccccc1-c1cc2ccccc2[nH]1. The minimum absolute atomic E-state index is 0.0187. The number of carbonyl (C=O) groups is 5. The van der Waals surface area contributed by atoms with Crippen LogP contribution in [-0.4, -0.2) is 83.7 Å². The molecular formula is C112H92N10O11. The summed E-state index contributed by atoms with van der Waals surface area (Å²) in [6, 6.07) is 124. The summed E-state index contributed by atoms with van der Waals surface area (Å²) >= 11 is 0. The maximum atomic E-state index is 12.6. The van der Waals surface area contributed by atoms with E-state index in [4.69, 9.17) is 14.2 Å². The van der Waals surface area contributed by atoms with E-state index in [0.717, 1.165) is 156 Å². The maximum Gasteiger partial charge on any atom is 0.231 e. The standard InChI is InChI=1S/C23H18N2O3.C23H20N2O2.C22H18N2O3.C22H18N2O2.C22H18N2O/c26-23(12-15-9-10-21-22(11-15)28-14-27-21)25-19-8-4-2-6-17(19)20-13-16-5-1-3-7-18(16)24-20;1-27-22-13-7-3-9-17(22)15-23(26)25-20-12-6-4-10-18(20)21-14-16-8-2-5-11-19(16)24-21;25-20-10-9-14(11-21(20)26)12-22(27)24-18-8-4-2-6-16(18)19-13-15-5-1-3-7-17(15)23-19;25-21-12-6-2-8-16(21)14-22(26)24-19-11-5-3-9-17(19)20-13-15-7-1-4-10-18(15)23-20;25-22(14-16-8-2-1-3-9-16)24-20-13-7-5-11-18(20)21-15-17-10-4-6-12-19(17)23-21/h1-11,13,24H,12,14H2,(H,25,26);2-14,24H,15H2,1H3,(H,25,26);1-11,13,23,25-26H,12H2,(H,24,27);1-13,23,25H,14H2,(H,24,26);1-13,15,23H,14H2,(H,24,25). The Morgan fingerprint density at radius 2 is 0.556 bits per heavy atom. The Kier molecular flexibility index (Phi) is 27.1. The van der Waals surface area contributed by atoms with E-state index < -0.39 is 0 Å². The van der Waals surface area contributed by atoms with Crippen molar-refractivity contribution in [2.75, 3.05) is 40.5 Å². The molecule has 6 heterocycles. The average Bonchev–Trinajstić information content (AvgIpc) is 1.69. The zero-order chi connectivity index (χ0) is 91.4. The summed E-state index contributed by atoms with van der Waals surface area (Å²) in [6.45, 7) is 0.225. The predicted molar refractivity (Wildman–Crippen MR) is 530 cm³/mol. The number of nitrogens with one attached hydrogen (secondary N) is 10. The lowest BCUT2D eigenvalue weighted by Gasteiger charge is -2.11. The van der Waals surface area contributed by atoms with Gasteiger partial charge >= 0.3 is 0 Å². The van der Waals surface area contributed by atoms with E-state index >= 15 is 0 Å². The number of phenolic OH excluding ortho intramolecular Hbond substituents is 3. The molecule has 1 aliphatic heterocycles. The second kappa shape index (κ2) is 41.3. The van der Waals surface area contributed by atoms with Gasteiger partial charge in [0.1, 0.15) is 11.5 Å². The van der Waals surface area contributed by atoms with Gasteiger partial charge in [-0.3, -0.25) is 24.0 Å². The first-order chi connectivity index (χ1) is 65.1. The van der Waals surface area contributed by atoms with Crippen molar-refractivity contribution in [2.45, 2.75) is 32.1 Å². The summed E-state index contributed by atoms with van der Waals surface area (Å²) in [5.74, 6) is 1.25. The Bertz CT molecular complexity index is 7410. The lowest BCUT2D eigenvalue weighted by molar-refractivity contribution is -0.116. The number of rotatable bonds is 21. The van der Waals surface area contributed by atoms with Gasteiger partial charge in [-0.1, -0.05) is 261 Å². The number of H-pyrrole nitrogens is 5. The highest BCUT2D eigenvalue weighted by molar-refractivity contribution is 6.03. The normalized spacial score (nSPS) is 11.1. The van der Waals surface area contributed by atoms with E-state index in [1.54, 1.807) is 37.4 Å². The zero-order valence-electron chi connectivity index (χ0n) is 72.3. The number of amides is 5. The summed E-state index contributed by atoms with van der Waals surface area (Å²) in [5.41, 5.74) is 22.6. The lowest BCUT2D eigenvalue weighted by atomic mass is 10.1. The largest absolute Gasteiger partial charge is 0.508 e. The molecule has 0 saturated heterocycles. The first-order valence-electron chi connectivity index (χ1n) is 43.3. The monoisotopic (exact) mass is 1750 g/mol. The van der Waals surface area contributed by atoms with Crippen LogP contribution in [0.2, 0.25) is 0 Å². The van der Waals surface area contributed by atoms with E-state index in [0.29, 0.717) is 34.7 Å². The maximum absolute atomic E-state index is 12.6. The van der Waals surface area contributed by atoms with Crippen LogP contribution >= 0.6 is 0 Å². The molecule has 0 radical (unpaired) electrons. The molecule has 0 fully saturated rings. The third-order valence-electron chi connectivity index (χ3n) is 22.4. The van der Waals surface area contributed by atoms with Crippen molar-refractivity contribution in [3.05, 3.63) is 416 Å². The third-order valence-corrected chi connectivity index (χ3v) is 22.4. The van der Waals surface area contributed by atoms with Gasteiger partial charge in [-0.2, -0.15) is 0 Å². The molecule has 21 nitrogen and oxygen atoms in total. The summed E-state index contributed by atoms with van der Waals surface area (Å²) < 4.78 is 16.0. The van der Waals surface area contributed by atoms with E-state index in [1.807, 2.05) is 285 Å². The van der Waals surface area contributed by atoms with Crippen LogP contribution in [0.5, 0.6) is 34.5 Å². The summed E-state index contributed by atoms with van der Waals surface area (Å²) in [6.07, 6.45) is 1.09. The van der Waals surface area contributed by atoms with E-state index in [2.05, 4.69) is 112 Å². The van der Waals surface area contributed by atoms with Gasteiger partial charge in [0.15, 0.2) is 23.0 Å². The number of anilines is 5. The molecule has 0 spiro atoms. The molecule has 15 aromatic carbocycles. The molecule has 13 N–H and O–H groups in total. The van der Waals surface area contributed by atoms with E-state index in [1.165, 1.54) is 12.1 Å². The van der Waals surface area contributed by atoms with Gasteiger partial charge < -0.3 is 81.0 Å². The first kappa shape index (κ1) is 87.2. The topological polar surface area (TPSA) is 313 Å². The van der Waals surface area contributed by atoms with Crippen LogP contribution in [0, 0.1) is 0 Å². The van der Waals surface area contributed by atoms with Crippen molar-refractivity contribution in [3.8, 4) is 90.8 Å². The van der Waals surface area contributed by atoms with Crippen LogP contribution in [0.3, 0.4) is 0 Å². The molecule has 0 unspecified atom stereocenters. The first-order valence-corrected chi connectivity index (χ1v) is 43.3. The number of aromatic nitrogens is 5. The smallest absolute Gasteiger partial charge is 0.231 e. The lowest BCUT2D eigenvalue weighted by Crippen LogP contribution is -2.15. The number of phenols is 3.